The quantitative estimate of drug-likeness (QED) is 0.101. The van der Waals surface area contributed by atoms with Gasteiger partial charge in [0, 0.05) is 12.1 Å². The third kappa shape index (κ3) is 6.97. The largest absolute Gasteiger partial charge is 0.497 e. The van der Waals surface area contributed by atoms with Gasteiger partial charge in [-0.3, -0.25) is 0 Å². The number of rotatable bonds is 11. The number of hydrogen-bond acceptors (Lipinski definition) is 8. The molecule has 0 spiro atoms. The maximum atomic E-state index is 14.5. The highest BCUT2D eigenvalue weighted by molar-refractivity contribution is 6.30. The monoisotopic (exact) mass is 674 g/mol. The second-order valence-corrected chi connectivity index (χ2v) is 11.4. The van der Waals surface area contributed by atoms with Crippen LogP contribution in [0.4, 0.5) is 11.4 Å². The van der Waals surface area contributed by atoms with Crippen molar-refractivity contribution >= 4 is 40.5 Å². The van der Waals surface area contributed by atoms with Gasteiger partial charge in [0.1, 0.15) is 45.6 Å². The lowest BCUT2D eigenvalue weighted by molar-refractivity contribution is -0.125. The predicted octanol–water partition coefficient (Wildman–Crippen LogP) is 9.40. The lowest BCUT2D eigenvalue weighted by Gasteiger charge is -2.35. The van der Waals surface area contributed by atoms with Crippen molar-refractivity contribution in [1.82, 2.24) is 14.5 Å². The highest BCUT2D eigenvalue weighted by atomic mass is 35.5. The molecule has 9 nitrogen and oxygen atoms in total. The molecule has 3 aromatic carbocycles. The van der Waals surface area contributed by atoms with Gasteiger partial charge in [0.05, 0.1) is 33.8 Å². The maximum Gasteiger partial charge on any atom is 0.321 e. The van der Waals surface area contributed by atoms with Gasteiger partial charge in [-0.25, -0.2) is 4.79 Å². The van der Waals surface area contributed by atoms with E-state index in [0.717, 1.165) is 11.1 Å². The normalized spacial score (nSPS) is 12.2. The van der Waals surface area contributed by atoms with Crippen LogP contribution in [0.3, 0.4) is 0 Å². The average molecular weight is 676 g/mol. The standard InChI is InChI=1S/C36H34Cl2N3O6/c1-22-8-7-9-31(23(22)2)47-36-30(16-19-34(38)40-36)41(24(3)42,21-25-20-28(44-5)14-17-32(25)45-6)29-15-18-33(37)39-35(29)46-27-12-10-26(43-4)11-13-27/h7-20H,21H2,1-6H3/q+1. The van der Waals surface area contributed by atoms with Gasteiger partial charge in [0.2, 0.25) is 11.4 Å². The highest BCUT2D eigenvalue weighted by Crippen LogP contribution is 2.49. The van der Waals surface area contributed by atoms with E-state index in [2.05, 4.69) is 9.97 Å². The Hall–Kier alpha value is -4.83. The molecule has 0 N–H and O–H groups in total. The second-order valence-electron chi connectivity index (χ2n) is 10.7. The van der Waals surface area contributed by atoms with E-state index >= 15 is 0 Å². The van der Waals surface area contributed by atoms with E-state index in [9.17, 15) is 4.79 Å². The molecule has 5 aromatic rings. The molecule has 1 amide bonds. The summed E-state index contributed by atoms with van der Waals surface area (Å²) in [6.45, 7) is 5.44. The molecular formula is C36H34Cl2N3O6+. The van der Waals surface area contributed by atoms with Gasteiger partial charge in [-0.1, -0.05) is 35.3 Å². The van der Waals surface area contributed by atoms with E-state index in [-0.39, 0.29) is 34.5 Å². The van der Waals surface area contributed by atoms with Gasteiger partial charge in [0.15, 0.2) is 0 Å². The molecule has 0 saturated carbocycles. The lowest BCUT2D eigenvalue weighted by atomic mass is 10.1. The molecule has 47 heavy (non-hydrogen) atoms. The Bertz CT molecular complexity index is 1920. The number of pyridine rings is 2. The van der Waals surface area contributed by atoms with Crippen LogP contribution in [0.25, 0.3) is 0 Å². The van der Waals surface area contributed by atoms with Crippen molar-refractivity contribution in [2.75, 3.05) is 21.3 Å². The zero-order valence-electron chi connectivity index (χ0n) is 26.8. The number of nitrogens with zero attached hydrogens (tertiary/aromatic N) is 3. The first kappa shape index (κ1) is 33.5. The van der Waals surface area contributed by atoms with E-state index in [1.54, 1.807) is 82.0 Å². The number of carbonyl (C=O) groups excluding carboxylic acids is 1. The number of aryl methyl sites for hydroxylation is 1. The Morgan fingerprint density at radius 1 is 0.681 bits per heavy atom. The first-order chi connectivity index (χ1) is 22.6. The first-order valence-corrected chi connectivity index (χ1v) is 15.4. The van der Waals surface area contributed by atoms with E-state index < -0.39 is 4.48 Å². The van der Waals surface area contributed by atoms with Gasteiger partial charge in [-0.15, -0.1) is 0 Å². The number of halogens is 2. The summed E-state index contributed by atoms with van der Waals surface area (Å²) in [5.41, 5.74) is 3.32. The summed E-state index contributed by atoms with van der Waals surface area (Å²) in [7, 11) is 4.71. The van der Waals surface area contributed by atoms with E-state index in [1.807, 2.05) is 38.1 Å². The predicted molar refractivity (Wildman–Crippen MR) is 183 cm³/mol. The van der Waals surface area contributed by atoms with E-state index in [4.69, 9.17) is 46.9 Å². The van der Waals surface area contributed by atoms with Crippen molar-refractivity contribution in [3.8, 4) is 40.5 Å². The minimum Gasteiger partial charge on any atom is -0.497 e. The molecule has 0 radical (unpaired) electrons. The van der Waals surface area contributed by atoms with Crippen LogP contribution in [0.15, 0.2) is 84.9 Å². The fourth-order valence-electron chi connectivity index (χ4n) is 5.26. The van der Waals surface area contributed by atoms with Gasteiger partial charge in [0.25, 0.3) is 11.8 Å². The number of ether oxygens (including phenoxy) is 5. The summed E-state index contributed by atoms with van der Waals surface area (Å²) < 4.78 is 29.0. The molecular weight excluding hydrogens is 641 g/mol. The molecule has 1 atom stereocenters. The number of benzene rings is 3. The summed E-state index contributed by atoms with van der Waals surface area (Å²) in [4.78, 5) is 23.6. The second kappa shape index (κ2) is 14.3. The average Bonchev–Trinajstić information content (AvgIpc) is 3.06. The highest BCUT2D eigenvalue weighted by Gasteiger charge is 2.47. The first-order valence-electron chi connectivity index (χ1n) is 14.6. The van der Waals surface area contributed by atoms with Crippen molar-refractivity contribution in [3.63, 3.8) is 0 Å². The van der Waals surface area contributed by atoms with Gasteiger partial charge in [-0.2, -0.15) is 14.5 Å². The molecule has 0 aliphatic rings. The van der Waals surface area contributed by atoms with Crippen LogP contribution in [0.2, 0.25) is 10.3 Å². The molecule has 0 saturated heterocycles. The SMILES string of the molecule is COc1ccc(Oc2nc(Cl)ccc2[N+](Cc2cc(OC)ccc2OC)(C(C)=O)c2ccc(Cl)nc2Oc2cccc(C)c2C)cc1. The van der Waals surface area contributed by atoms with Crippen molar-refractivity contribution in [2.45, 2.75) is 27.3 Å². The molecule has 0 fully saturated rings. The zero-order valence-corrected chi connectivity index (χ0v) is 28.3. The fourth-order valence-corrected chi connectivity index (χ4v) is 5.54. The van der Waals surface area contributed by atoms with Crippen molar-refractivity contribution in [2.24, 2.45) is 0 Å². The molecule has 242 valence electrons. The minimum atomic E-state index is -0.510. The summed E-state index contributed by atoms with van der Waals surface area (Å²) in [6.07, 6.45) is 0. The molecule has 2 heterocycles. The van der Waals surface area contributed by atoms with Crippen LogP contribution in [0, 0.1) is 13.8 Å². The van der Waals surface area contributed by atoms with Crippen LogP contribution in [0.5, 0.6) is 40.5 Å². The van der Waals surface area contributed by atoms with Crippen LogP contribution >= 0.6 is 23.2 Å². The van der Waals surface area contributed by atoms with Gasteiger partial charge in [-0.05, 0) is 85.6 Å². The van der Waals surface area contributed by atoms with Crippen LogP contribution in [-0.2, 0) is 11.3 Å². The summed E-state index contributed by atoms with van der Waals surface area (Å²) >= 11 is 12.9. The summed E-state index contributed by atoms with van der Waals surface area (Å²) in [5, 5.41) is 0.345. The molecule has 0 aliphatic heterocycles. The summed E-state index contributed by atoms with van der Waals surface area (Å²) in [5.74, 6) is 2.67. The fraction of sp³-hybridized carbons (Fsp3) is 0.194. The third-order valence-electron chi connectivity index (χ3n) is 7.90. The molecule has 0 bridgehead atoms. The number of carbonyl (C=O) groups is 1. The lowest BCUT2D eigenvalue weighted by Crippen LogP contribution is -2.48. The third-order valence-corrected chi connectivity index (χ3v) is 8.32. The zero-order chi connectivity index (χ0) is 33.7. The molecule has 1 unspecified atom stereocenters. The van der Waals surface area contributed by atoms with E-state index in [0.29, 0.717) is 45.7 Å². The molecule has 11 heteroatoms. The van der Waals surface area contributed by atoms with Crippen LogP contribution < -0.4 is 28.2 Å². The summed E-state index contributed by atoms with van der Waals surface area (Å²) in [6, 6.07) is 24.7. The molecule has 0 aliphatic carbocycles. The molecule has 2 aromatic heterocycles. The van der Waals surface area contributed by atoms with Crippen molar-refractivity contribution < 1.29 is 28.5 Å². The van der Waals surface area contributed by atoms with Crippen LogP contribution in [-0.4, -0.2) is 37.2 Å². The maximum absolute atomic E-state index is 14.5. The Morgan fingerprint density at radius 2 is 1.26 bits per heavy atom. The molecule has 5 rings (SSSR count). The Kier molecular flexibility index (Phi) is 10.2. The Labute approximate surface area is 283 Å². The topological polar surface area (TPSA) is 89.0 Å². The number of amides is 1. The van der Waals surface area contributed by atoms with Crippen LogP contribution in [0.1, 0.15) is 23.6 Å². The number of methoxy groups -OCH3 is 3. The van der Waals surface area contributed by atoms with E-state index in [1.165, 1.54) is 6.92 Å². The number of aromatic nitrogens is 2. The van der Waals surface area contributed by atoms with Crippen molar-refractivity contribution in [3.05, 3.63) is 112 Å². The minimum absolute atomic E-state index is 0.0183. The smallest absolute Gasteiger partial charge is 0.321 e. The Balaban J connectivity index is 1.82. The number of quaternary nitrogens is 1. The van der Waals surface area contributed by atoms with Gasteiger partial charge < -0.3 is 23.7 Å². The van der Waals surface area contributed by atoms with Crippen molar-refractivity contribution in [1.29, 1.82) is 0 Å². The van der Waals surface area contributed by atoms with Gasteiger partial charge >= 0.3 is 5.91 Å². The number of hydrogen-bond donors (Lipinski definition) is 0. The Morgan fingerprint density at radius 3 is 1.83 bits per heavy atom.